The molecular formula is C14H19ClF2N2O2S. The molecule has 2 fully saturated rings. The molecule has 0 amide bonds. The van der Waals surface area contributed by atoms with Crippen LogP contribution in [0.5, 0.6) is 0 Å². The normalized spacial score (nSPS) is 21.7. The van der Waals surface area contributed by atoms with E-state index >= 15 is 0 Å². The molecule has 0 atom stereocenters. The van der Waals surface area contributed by atoms with Gasteiger partial charge in [-0.2, -0.15) is 4.31 Å². The molecule has 0 radical (unpaired) electrons. The summed E-state index contributed by atoms with van der Waals surface area (Å²) in [6, 6.07) is 2.75. The third kappa shape index (κ3) is 3.13. The van der Waals surface area contributed by atoms with Gasteiger partial charge >= 0.3 is 0 Å². The molecule has 8 heteroatoms. The number of nitrogens with zero attached hydrogens (tertiary/aromatic N) is 1. The molecule has 2 heterocycles. The lowest BCUT2D eigenvalue weighted by molar-refractivity contribution is 0.218. The van der Waals surface area contributed by atoms with Gasteiger partial charge in [0.25, 0.3) is 0 Å². The second kappa shape index (κ2) is 6.39. The van der Waals surface area contributed by atoms with Crippen LogP contribution >= 0.6 is 12.4 Å². The van der Waals surface area contributed by atoms with E-state index in [2.05, 4.69) is 5.32 Å². The van der Waals surface area contributed by atoms with Crippen LogP contribution in [0, 0.1) is 17.0 Å². The molecule has 1 spiro atoms. The SMILES string of the molecule is Cl.O=S(=O)(c1ccc(F)c(F)c1)N1CCC2(CCNCC2)C1. The molecule has 22 heavy (non-hydrogen) atoms. The van der Waals surface area contributed by atoms with E-state index in [-0.39, 0.29) is 22.7 Å². The number of nitrogens with one attached hydrogen (secondary N) is 1. The average molecular weight is 353 g/mol. The number of piperidine rings is 1. The molecule has 1 aromatic rings. The van der Waals surface area contributed by atoms with Gasteiger partial charge in [-0.3, -0.25) is 0 Å². The summed E-state index contributed by atoms with van der Waals surface area (Å²) < 4.78 is 52.7. The Morgan fingerprint density at radius 1 is 1.09 bits per heavy atom. The lowest BCUT2D eigenvalue weighted by Crippen LogP contribution is -2.39. The van der Waals surface area contributed by atoms with Crippen molar-refractivity contribution in [1.82, 2.24) is 9.62 Å². The maximum absolute atomic E-state index is 13.3. The van der Waals surface area contributed by atoms with Crippen LogP contribution in [0.3, 0.4) is 0 Å². The lowest BCUT2D eigenvalue weighted by Gasteiger charge is -2.33. The van der Waals surface area contributed by atoms with Gasteiger partial charge in [0.15, 0.2) is 11.6 Å². The van der Waals surface area contributed by atoms with Crippen molar-refractivity contribution in [2.45, 2.75) is 24.2 Å². The molecule has 1 N–H and O–H groups in total. The molecule has 0 bridgehead atoms. The number of hydrogen-bond acceptors (Lipinski definition) is 3. The van der Waals surface area contributed by atoms with Crippen molar-refractivity contribution in [1.29, 1.82) is 0 Å². The van der Waals surface area contributed by atoms with Crippen LogP contribution in [0.25, 0.3) is 0 Å². The fourth-order valence-electron chi connectivity index (χ4n) is 3.25. The van der Waals surface area contributed by atoms with Crippen LogP contribution < -0.4 is 5.32 Å². The standard InChI is InChI=1S/C14H18F2N2O2S.ClH/c15-12-2-1-11(9-13(12)16)21(19,20)18-8-5-14(10-18)3-6-17-7-4-14;/h1-2,9,17H,3-8,10H2;1H. The number of benzene rings is 1. The summed E-state index contributed by atoms with van der Waals surface area (Å²) in [6.07, 6.45) is 2.74. The van der Waals surface area contributed by atoms with Gasteiger partial charge in [-0.1, -0.05) is 0 Å². The van der Waals surface area contributed by atoms with E-state index in [0.717, 1.165) is 50.6 Å². The monoisotopic (exact) mass is 352 g/mol. The van der Waals surface area contributed by atoms with E-state index in [0.29, 0.717) is 13.1 Å². The van der Waals surface area contributed by atoms with Crippen LogP contribution in [0.2, 0.25) is 0 Å². The van der Waals surface area contributed by atoms with Crippen LogP contribution in [0.15, 0.2) is 23.1 Å². The third-order valence-corrected chi connectivity index (χ3v) is 6.44. The Morgan fingerprint density at radius 3 is 2.41 bits per heavy atom. The predicted molar refractivity (Wildman–Crippen MR) is 81.5 cm³/mol. The molecule has 0 saturated carbocycles. The first-order valence-corrected chi connectivity index (χ1v) is 8.53. The molecule has 1 aromatic carbocycles. The van der Waals surface area contributed by atoms with Crippen LogP contribution in [-0.4, -0.2) is 38.9 Å². The summed E-state index contributed by atoms with van der Waals surface area (Å²) in [5.74, 6) is -2.17. The Bertz CT molecular complexity index is 648. The first kappa shape index (κ1) is 17.6. The van der Waals surface area contributed by atoms with E-state index in [1.807, 2.05) is 0 Å². The second-order valence-electron chi connectivity index (χ2n) is 5.91. The fraction of sp³-hybridized carbons (Fsp3) is 0.571. The van der Waals surface area contributed by atoms with Gasteiger partial charge in [0.1, 0.15) is 0 Å². The molecule has 4 nitrogen and oxygen atoms in total. The summed E-state index contributed by atoms with van der Waals surface area (Å²) in [4.78, 5) is -0.174. The van der Waals surface area contributed by atoms with E-state index in [4.69, 9.17) is 0 Å². The van der Waals surface area contributed by atoms with Crippen LogP contribution in [0.4, 0.5) is 8.78 Å². The average Bonchev–Trinajstić information content (AvgIpc) is 2.87. The quantitative estimate of drug-likeness (QED) is 0.887. The van der Waals surface area contributed by atoms with Crippen molar-refractivity contribution in [2.75, 3.05) is 26.2 Å². The van der Waals surface area contributed by atoms with E-state index < -0.39 is 21.7 Å². The topological polar surface area (TPSA) is 49.4 Å². The smallest absolute Gasteiger partial charge is 0.243 e. The van der Waals surface area contributed by atoms with Gasteiger partial charge in [-0.05, 0) is 56.0 Å². The molecule has 2 aliphatic heterocycles. The lowest BCUT2D eigenvalue weighted by atomic mass is 9.78. The predicted octanol–water partition coefficient (Wildman–Crippen LogP) is 2.15. The molecular weight excluding hydrogens is 334 g/mol. The number of hydrogen-bond donors (Lipinski definition) is 1. The molecule has 0 aliphatic carbocycles. The zero-order valence-electron chi connectivity index (χ0n) is 12.0. The number of halogens is 3. The van der Waals surface area contributed by atoms with E-state index in [1.54, 1.807) is 0 Å². The molecule has 124 valence electrons. The fourth-order valence-corrected chi connectivity index (χ4v) is 4.82. The van der Waals surface area contributed by atoms with Crippen molar-refractivity contribution < 1.29 is 17.2 Å². The first-order valence-electron chi connectivity index (χ1n) is 7.09. The summed E-state index contributed by atoms with van der Waals surface area (Å²) in [6.45, 7) is 2.72. The minimum Gasteiger partial charge on any atom is -0.317 e. The van der Waals surface area contributed by atoms with Gasteiger partial charge in [0.2, 0.25) is 10.0 Å². The highest BCUT2D eigenvalue weighted by atomic mass is 35.5. The summed E-state index contributed by atoms with van der Waals surface area (Å²) in [7, 11) is -3.75. The Morgan fingerprint density at radius 2 is 1.77 bits per heavy atom. The second-order valence-corrected chi connectivity index (χ2v) is 7.85. The zero-order chi connectivity index (χ0) is 15.1. The summed E-state index contributed by atoms with van der Waals surface area (Å²) in [5, 5.41) is 3.28. The summed E-state index contributed by atoms with van der Waals surface area (Å²) in [5.41, 5.74) is 0.0386. The first-order chi connectivity index (χ1) is 9.93. The minimum absolute atomic E-state index is 0. The Hall–Kier alpha value is -0.760. The van der Waals surface area contributed by atoms with Gasteiger partial charge in [0, 0.05) is 13.1 Å². The van der Waals surface area contributed by atoms with Gasteiger partial charge in [-0.15, -0.1) is 12.4 Å². The van der Waals surface area contributed by atoms with Crippen molar-refractivity contribution in [2.24, 2.45) is 5.41 Å². The number of sulfonamides is 1. The molecule has 0 aromatic heterocycles. The Kier molecular flexibility index (Phi) is 5.11. The van der Waals surface area contributed by atoms with Crippen molar-refractivity contribution in [3.05, 3.63) is 29.8 Å². The van der Waals surface area contributed by atoms with Crippen LogP contribution in [-0.2, 0) is 10.0 Å². The van der Waals surface area contributed by atoms with Crippen molar-refractivity contribution in [3.63, 3.8) is 0 Å². The molecule has 0 unspecified atom stereocenters. The Labute approximate surface area is 135 Å². The van der Waals surface area contributed by atoms with Gasteiger partial charge in [-0.25, -0.2) is 17.2 Å². The highest BCUT2D eigenvalue weighted by Crippen LogP contribution is 2.40. The largest absolute Gasteiger partial charge is 0.317 e. The van der Waals surface area contributed by atoms with Gasteiger partial charge < -0.3 is 5.32 Å². The van der Waals surface area contributed by atoms with Crippen LogP contribution in [0.1, 0.15) is 19.3 Å². The van der Waals surface area contributed by atoms with Crippen molar-refractivity contribution >= 4 is 22.4 Å². The summed E-state index contributed by atoms with van der Waals surface area (Å²) >= 11 is 0. The van der Waals surface area contributed by atoms with E-state index in [1.165, 1.54) is 4.31 Å². The highest BCUT2D eigenvalue weighted by Gasteiger charge is 2.43. The highest BCUT2D eigenvalue weighted by molar-refractivity contribution is 7.89. The van der Waals surface area contributed by atoms with E-state index in [9.17, 15) is 17.2 Å². The molecule has 2 aliphatic rings. The zero-order valence-corrected chi connectivity index (χ0v) is 13.7. The number of rotatable bonds is 2. The maximum Gasteiger partial charge on any atom is 0.243 e. The van der Waals surface area contributed by atoms with Gasteiger partial charge in [0.05, 0.1) is 4.90 Å². The molecule has 2 saturated heterocycles. The third-order valence-electron chi connectivity index (χ3n) is 4.60. The Balaban J connectivity index is 0.00000176. The minimum atomic E-state index is -3.75. The van der Waals surface area contributed by atoms with Crippen molar-refractivity contribution in [3.8, 4) is 0 Å². The maximum atomic E-state index is 13.3. The molecule has 3 rings (SSSR count).